The van der Waals surface area contributed by atoms with Gasteiger partial charge in [0.05, 0.1) is 60.4 Å². The Labute approximate surface area is 450 Å². The molecular formula is C57H91N5O14. The molecular weight excluding hydrogens is 979 g/mol. The number of benzene rings is 2. The highest BCUT2D eigenvalue weighted by molar-refractivity contribution is 5.73. The summed E-state index contributed by atoms with van der Waals surface area (Å²) in [5.41, 5.74) is -0.738. The SMILES string of the molecule is CC[C@H]1OC(=O)[C@H](C)[C@@H](O[C@H]2C[C@@](C)(OC)[C@@H](O)[C@H](C)O2)[C@H](C)[C@@H](O[C@@H]2O[C@H](C)C[C@H](N(C)CCc3cn(CCCOc4ccc(-c5ccc(CO)cc5)cc4)nn3)[C@H]2O)[C@](C)(O)C[C@@H](C)CN(C)[C@H](C)[C@@H](O)[C@]1(C)O. The number of carbonyl (C=O) groups excluding carboxylic acids is 1. The number of hydrogen-bond acceptors (Lipinski definition) is 18. The number of aliphatic hydroxyl groups excluding tert-OH is 4. The molecule has 3 saturated heterocycles. The second-order valence-electron chi connectivity index (χ2n) is 23.0. The van der Waals surface area contributed by atoms with Gasteiger partial charge < -0.3 is 73.6 Å². The zero-order chi connectivity index (χ0) is 55.9. The van der Waals surface area contributed by atoms with E-state index in [1.165, 1.54) is 14.0 Å². The monoisotopic (exact) mass is 1070 g/mol. The van der Waals surface area contributed by atoms with Crippen LogP contribution in [0.3, 0.4) is 0 Å². The fraction of sp³-hybridized carbons (Fsp3) is 0.737. The molecule has 3 fully saturated rings. The van der Waals surface area contributed by atoms with Gasteiger partial charge in [0.1, 0.15) is 35.8 Å². The number of hydrogen-bond donors (Lipinski definition) is 6. The summed E-state index contributed by atoms with van der Waals surface area (Å²) in [6.07, 6.45) is -5.84. The first kappa shape index (κ1) is 61.5. The van der Waals surface area contributed by atoms with Crippen LogP contribution in [-0.2, 0) is 52.8 Å². The summed E-state index contributed by atoms with van der Waals surface area (Å²) in [7, 11) is 5.29. The molecule has 4 heterocycles. The van der Waals surface area contributed by atoms with E-state index in [1.54, 1.807) is 46.2 Å². The molecule has 0 spiro atoms. The number of likely N-dealkylation sites (N-methyl/N-ethyl adjacent to an activating group) is 2. The number of rotatable bonds is 17. The summed E-state index contributed by atoms with van der Waals surface area (Å²) < 4.78 is 46.2. The van der Waals surface area contributed by atoms with Crippen molar-refractivity contribution in [2.75, 3.05) is 40.9 Å². The maximum atomic E-state index is 14.5. The molecule has 2 aromatic carbocycles. The summed E-state index contributed by atoms with van der Waals surface area (Å²) in [5.74, 6) is -2.01. The fourth-order valence-electron chi connectivity index (χ4n) is 11.6. The number of ether oxygens (including phenoxy) is 7. The maximum absolute atomic E-state index is 14.5. The average molecular weight is 1070 g/mol. The molecule has 6 N–H and O–H groups in total. The molecule has 0 bridgehead atoms. The summed E-state index contributed by atoms with van der Waals surface area (Å²) in [6.45, 7) is 19.7. The molecule has 19 heteroatoms. The minimum atomic E-state index is -1.84. The standard InChI is InChI=1S/C57H91N5O14/c1-14-46-57(10,69)50(65)38(6)61(12)31-34(2)29-55(8,68)52(36(4)49(37(5)53(67)74-46)75-47-30-56(9,70-13)51(66)39(7)73-47)76-54-48(64)45(28-35(3)72-54)60(11)26-24-43-32-62(59-58-43)25-15-27-71-44-22-20-42(21-23-44)41-18-16-40(33-63)17-19-41/h16-23,32,34-39,45-52,54,63-66,68-69H,14-15,24-31,33H2,1-13H3/t34-,35-,36+,37-,38-,39+,45+,46-,47+,48-,49+,50-,51+,52-,54+,55-,56-,57-/m1/s1. The first-order chi connectivity index (χ1) is 35.8. The zero-order valence-electron chi connectivity index (χ0n) is 47.3. The van der Waals surface area contributed by atoms with Gasteiger partial charge >= 0.3 is 5.97 Å². The van der Waals surface area contributed by atoms with Crippen LogP contribution in [0.5, 0.6) is 5.75 Å². The minimum absolute atomic E-state index is 0.0136. The average Bonchev–Trinajstić information content (AvgIpc) is 3.85. The molecule has 6 rings (SSSR count). The maximum Gasteiger partial charge on any atom is 0.311 e. The largest absolute Gasteiger partial charge is 0.494 e. The van der Waals surface area contributed by atoms with Crippen LogP contribution >= 0.6 is 0 Å². The second kappa shape index (κ2) is 26.5. The number of aryl methyl sites for hydroxylation is 1. The predicted molar refractivity (Wildman–Crippen MR) is 285 cm³/mol. The number of aliphatic hydroxyl groups is 6. The van der Waals surface area contributed by atoms with Crippen LogP contribution in [0.1, 0.15) is 113 Å². The summed E-state index contributed by atoms with van der Waals surface area (Å²) in [4.78, 5) is 18.5. The lowest BCUT2D eigenvalue weighted by atomic mass is 9.77. The molecule has 0 aliphatic carbocycles. The number of carbonyl (C=O) groups is 1. The van der Waals surface area contributed by atoms with Crippen LogP contribution in [0, 0.1) is 17.8 Å². The smallest absolute Gasteiger partial charge is 0.311 e. The Morgan fingerprint density at radius 2 is 1.55 bits per heavy atom. The number of methoxy groups -OCH3 is 1. The van der Waals surface area contributed by atoms with Gasteiger partial charge in [-0.05, 0) is 117 Å². The summed E-state index contributed by atoms with van der Waals surface area (Å²) in [5, 5.41) is 77.9. The van der Waals surface area contributed by atoms with Crippen LogP contribution in [0.25, 0.3) is 11.1 Å². The number of aromatic nitrogens is 3. The van der Waals surface area contributed by atoms with E-state index in [4.69, 9.17) is 33.2 Å². The van der Waals surface area contributed by atoms with Crippen molar-refractivity contribution in [1.29, 1.82) is 0 Å². The van der Waals surface area contributed by atoms with Crippen molar-refractivity contribution in [3.63, 3.8) is 0 Å². The van der Waals surface area contributed by atoms with Crippen molar-refractivity contribution in [3.05, 3.63) is 66.0 Å². The highest BCUT2D eigenvalue weighted by atomic mass is 16.7. The van der Waals surface area contributed by atoms with Gasteiger partial charge in [-0.3, -0.25) is 9.48 Å². The third-order valence-corrected chi connectivity index (χ3v) is 16.5. The van der Waals surface area contributed by atoms with Gasteiger partial charge in [0, 0.05) is 70.2 Å². The highest BCUT2D eigenvalue weighted by Crippen LogP contribution is 2.40. The van der Waals surface area contributed by atoms with Gasteiger partial charge in [-0.15, -0.1) is 5.10 Å². The molecule has 18 atom stereocenters. The second-order valence-corrected chi connectivity index (χ2v) is 23.0. The van der Waals surface area contributed by atoms with Gasteiger partial charge in [-0.1, -0.05) is 62.4 Å². The van der Waals surface area contributed by atoms with Crippen LogP contribution in [-0.4, -0.2) is 193 Å². The lowest BCUT2D eigenvalue weighted by Gasteiger charge is -2.49. The summed E-state index contributed by atoms with van der Waals surface area (Å²) >= 11 is 0. The molecule has 3 aliphatic rings. The zero-order valence-corrected chi connectivity index (χ0v) is 47.3. The van der Waals surface area contributed by atoms with E-state index in [-0.39, 0.29) is 37.9 Å². The van der Waals surface area contributed by atoms with Crippen LogP contribution < -0.4 is 4.74 Å². The quantitative estimate of drug-likeness (QED) is 0.0791. The van der Waals surface area contributed by atoms with Crippen LogP contribution in [0.15, 0.2) is 54.7 Å². The molecule has 1 aromatic heterocycles. The number of esters is 1. The van der Waals surface area contributed by atoms with Crippen molar-refractivity contribution < 1.29 is 68.6 Å². The van der Waals surface area contributed by atoms with E-state index >= 15 is 0 Å². The number of nitrogens with zero attached hydrogens (tertiary/aromatic N) is 5. The van der Waals surface area contributed by atoms with Crippen LogP contribution in [0.4, 0.5) is 0 Å². The van der Waals surface area contributed by atoms with E-state index in [9.17, 15) is 35.4 Å². The van der Waals surface area contributed by atoms with Gasteiger partial charge in [-0.25, -0.2) is 0 Å². The van der Waals surface area contributed by atoms with Crippen molar-refractivity contribution in [2.24, 2.45) is 17.8 Å². The van der Waals surface area contributed by atoms with Crippen LogP contribution in [0.2, 0.25) is 0 Å². The molecule has 0 amide bonds. The van der Waals surface area contributed by atoms with Gasteiger partial charge in [0.15, 0.2) is 12.6 Å². The Balaban J connectivity index is 1.17. The molecule has 76 heavy (non-hydrogen) atoms. The Morgan fingerprint density at radius 3 is 2.18 bits per heavy atom. The fourth-order valence-corrected chi connectivity index (χ4v) is 11.6. The lowest BCUT2D eigenvalue weighted by Crippen LogP contribution is -2.61. The van der Waals surface area contributed by atoms with Crippen molar-refractivity contribution in [3.8, 4) is 16.9 Å². The molecule has 19 nitrogen and oxygen atoms in total. The first-order valence-electron chi connectivity index (χ1n) is 27.4. The molecule has 3 aliphatic heterocycles. The van der Waals surface area contributed by atoms with E-state index < -0.39 is 102 Å². The van der Waals surface area contributed by atoms with Crippen molar-refractivity contribution >= 4 is 5.97 Å². The van der Waals surface area contributed by atoms with Crippen molar-refractivity contribution in [1.82, 2.24) is 24.8 Å². The van der Waals surface area contributed by atoms with E-state index in [1.807, 2.05) is 94.5 Å². The first-order valence-corrected chi connectivity index (χ1v) is 27.4. The third kappa shape index (κ3) is 15.0. The van der Waals surface area contributed by atoms with Crippen molar-refractivity contribution in [2.45, 2.75) is 211 Å². The molecule has 3 aromatic rings. The topological polar surface area (TPSA) is 240 Å². The highest BCUT2D eigenvalue weighted by Gasteiger charge is 2.53. The van der Waals surface area contributed by atoms with E-state index in [2.05, 4.69) is 15.2 Å². The normalized spacial score (nSPS) is 37.6. The summed E-state index contributed by atoms with van der Waals surface area (Å²) in [6, 6.07) is 14.8. The molecule has 0 unspecified atom stereocenters. The molecule has 0 saturated carbocycles. The molecule has 0 radical (unpaired) electrons. The third-order valence-electron chi connectivity index (χ3n) is 16.5. The van der Waals surface area contributed by atoms with Gasteiger partial charge in [-0.2, -0.15) is 0 Å². The molecule has 428 valence electrons. The van der Waals surface area contributed by atoms with E-state index in [0.717, 1.165) is 34.6 Å². The van der Waals surface area contributed by atoms with Gasteiger partial charge in [0.2, 0.25) is 0 Å². The Hall–Kier alpha value is -3.67. The number of cyclic esters (lactones) is 1. The predicted octanol–water partition coefficient (Wildman–Crippen LogP) is 4.73. The Kier molecular flexibility index (Phi) is 21.5. The minimum Gasteiger partial charge on any atom is -0.494 e. The Bertz CT molecular complexity index is 2250. The Morgan fingerprint density at radius 1 is 0.895 bits per heavy atom. The lowest BCUT2D eigenvalue weighted by molar-refractivity contribution is -0.318. The van der Waals surface area contributed by atoms with Gasteiger partial charge in [0.25, 0.3) is 0 Å². The van der Waals surface area contributed by atoms with E-state index in [0.29, 0.717) is 39.1 Å².